The Kier molecular flexibility index (Phi) is 17.4. The van der Waals surface area contributed by atoms with E-state index < -0.39 is 36.2 Å². The van der Waals surface area contributed by atoms with E-state index in [-0.39, 0.29) is 6.42 Å². The van der Waals surface area contributed by atoms with Crippen molar-refractivity contribution in [1.29, 1.82) is 0 Å². The zero-order valence-electron chi connectivity index (χ0n) is 18.2. The van der Waals surface area contributed by atoms with Crippen LogP contribution >= 0.6 is 0 Å². The van der Waals surface area contributed by atoms with Crippen molar-refractivity contribution in [2.24, 2.45) is 11.8 Å². The lowest BCUT2D eigenvalue weighted by Crippen LogP contribution is -2.31. The molecule has 29 heavy (non-hydrogen) atoms. The zero-order chi connectivity index (χ0) is 21.9. The number of carbonyl (C=O) groups is 3. The van der Waals surface area contributed by atoms with E-state index in [0.29, 0.717) is 6.42 Å². The summed E-state index contributed by atoms with van der Waals surface area (Å²) in [4.78, 5) is 33.4. The number of aliphatic carboxylic acids is 3. The molecule has 170 valence electrons. The predicted octanol–water partition coefficient (Wildman–Crippen LogP) is 6.12. The van der Waals surface area contributed by atoms with Gasteiger partial charge in [-0.05, 0) is 6.42 Å². The van der Waals surface area contributed by atoms with E-state index in [1.807, 2.05) is 0 Å². The fraction of sp³-hybridized carbons (Fsp3) is 0.870. The summed E-state index contributed by atoms with van der Waals surface area (Å²) in [5, 5.41) is 27.2. The Morgan fingerprint density at radius 1 is 0.552 bits per heavy atom. The molecule has 0 amide bonds. The smallest absolute Gasteiger partial charge is 0.307 e. The van der Waals surface area contributed by atoms with Gasteiger partial charge in [0.05, 0.1) is 18.3 Å². The number of carboxylic acid groups (broad SMARTS) is 3. The predicted molar refractivity (Wildman–Crippen MR) is 114 cm³/mol. The molecular weight excluding hydrogens is 372 g/mol. The van der Waals surface area contributed by atoms with Crippen molar-refractivity contribution in [2.45, 2.75) is 116 Å². The second-order valence-corrected chi connectivity index (χ2v) is 8.23. The molecule has 2 atom stereocenters. The first-order valence-corrected chi connectivity index (χ1v) is 11.6. The first-order chi connectivity index (χ1) is 13.9. The number of carboxylic acids is 3. The maximum absolute atomic E-state index is 11.3. The van der Waals surface area contributed by atoms with Crippen LogP contribution in [-0.4, -0.2) is 33.2 Å². The van der Waals surface area contributed by atoms with E-state index in [9.17, 15) is 19.5 Å². The third-order valence-electron chi connectivity index (χ3n) is 5.63. The van der Waals surface area contributed by atoms with Crippen molar-refractivity contribution in [2.75, 3.05) is 0 Å². The number of unbranched alkanes of at least 4 members (excludes halogenated alkanes) is 14. The van der Waals surface area contributed by atoms with Gasteiger partial charge in [-0.25, -0.2) is 0 Å². The lowest BCUT2D eigenvalue weighted by molar-refractivity contribution is -0.157. The summed E-state index contributed by atoms with van der Waals surface area (Å²) >= 11 is 0. The lowest BCUT2D eigenvalue weighted by Gasteiger charge is -2.18. The third-order valence-corrected chi connectivity index (χ3v) is 5.63. The van der Waals surface area contributed by atoms with Gasteiger partial charge in [0.15, 0.2) is 0 Å². The quantitative estimate of drug-likeness (QED) is 0.195. The first-order valence-electron chi connectivity index (χ1n) is 11.6. The molecule has 0 aromatic carbocycles. The molecule has 0 aliphatic heterocycles. The topological polar surface area (TPSA) is 112 Å². The summed E-state index contributed by atoms with van der Waals surface area (Å²) < 4.78 is 0. The van der Waals surface area contributed by atoms with Crippen LogP contribution in [0.5, 0.6) is 0 Å². The Labute approximate surface area is 176 Å². The lowest BCUT2D eigenvalue weighted by atomic mass is 9.85. The van der Waals surface area contributed by atoms with Crippen molar-refractivity contribution >= 4 is 17.9 Å². The highest BCUT2D eigenvalue weighted by atomic mass is 16.4. The van der Waals surface area contributed by atoms with E-state index in [4.69, 9.17) is 10.2 Å². The van der Waals surface area contributed by atoms with Crippen LogP contribution < -0.4 is 0 Å². The Hall–Kier alpha value is -1.59. The Balaban J connectivity index is 3.70. The van der Waals surface area contributed by atoms with Gasteiger partial charge in [0.2, 0.25) is 0 Å². The second-order valence-electron chi connectivity index (χ2n) is 8.23. The second kappa shape index (κ2) is 18.4. The van der Waals surface area contributed by atoms with Gasteiger partial charge in [-0.15, -0.1) is 0 Å². The summed E-state index contributed by atoms with van der Waals surface area (Å²) in [7, 11) is 0. The molecule has 0 heterocycles. The average Bonchev–Trinajstić information content (AvgIpc) is 2.65. The van der Waals surface area contributed by atoms with Gasteiger partial charge >= 0.3 is 17.9 Å². The highest BCUT2D eigenvalue weighted by Gasteiger charge is 2.34. The van der Waals surface area contributed by atoms with Gasteiger partial charge in [0, 0.05) is 0 Å². The van der Waals surface area contributed by atoms with E-state index in [0.717, 1.165) is 19.3 Å². The van der Waals surface area contributed by atoms with E-state index in [1.54, 1.807) is 0 Å². The van der Waals surface area contributed by atoms with Crippen LogP contribution in [0.1, 0.15) is 116 Å². The van der Waals surface area contributed by atoms with Crippen LogP contribution in [-0.2, 0) is 14.4 Å². The summed E-state index contributed by atoms with van der Waals surface area (Å²) in [6.07, 6.45) is 17.7. The van der Waals surface area contributed by atoms with E-state index >= 15 is 0 Å². The van der Waals surface area contributed by atoms with Gasteiger partial charge in [0.1, 0.15) is 0 Å². The molecule has 0 saturated carbocycles. The molecule has 3 N–H and O–H groups in total. The van der Waals surface area contributed by atoms with Crippen LogP contribution in [0.15, 0.2) is 0 Å². The molecule has 6 nitrogen and oxygen atoms in total. The van der Waals surface area contributed by atoms with Crippen LogP contribution in [0.3, 0.4) is 0 Å². The van der Waals surface area contributed by atoms with Gasteiger partial charge < -0.3 is 15.3 Å². The van der Waals surface area contributed by atoms with Gasteiger partial charge in [-0.1, -0.05) is 103 Å². The Morgan fingerprint density at radius 2 is 0.897 bits per heavy atom. The first kappa shape index (κ1) is 27.4. The van der Waals surface area contributed by atoms with Gasteiger partial charge in [0.25, 0.3) is 0 Å². The number of rotatable bonds is 21. The molecule has 0 aliphatic carbocycles. The standard InChI is InChI=1S/C23H42O6/c1-2-3-4-5-6-7-8-9-10-11-12-13-14-15-16-17-19(22(26)27)20(23(28)29)18-21(24)25/h19-20H,2-18H2,1H3,(H,24,25)(H,26,27)(H,28,29). The summed E-state index contributed by atoms with van der Waals surface area (Å²) in [5.41, 5.74) is 0. The minimum Gasteiger partial charge on any atom is -0.481 e. The third kappa shape index (κ3) is 16.0. The maximum atomic E-state index is 11.3. The highest BCUT2D eigenvalue weighted by Crippen LogP contribution is 2.24. The van der Waals surface area contributed by atoms with E-state index in [2.05, 4.69) is 6.92 Å². The zero-order valence-corrected chi connectivity index (χ0v) is 18.2. The van der Waals surface area contributed by atoms with Crippen LogP contribution in [0.4, 0.5) is 0 Å². The molecule has 0 aliphatic rings. The molecule has 0 saturated heterocycles. The maximum Gasteiger partial charge on any atom is 0.307 e. The molecular formula is C23H42O6. The normalized spacial score (nSPS) is 13.1. The van der Waals surface area contributed by atoms with Crippen LogP contribution in [0, 0.1) is 11.8 Å². The highest BCUT2D eigenvalue weighted by molar-refractivity contribution is 5.83. The molecule has 2 unspecified atom stereocenters. The summed E-state index contributed by atoms with van der Waals surface area (Å²) in [5.74, 6) is -6.34. The van der Waals surface area contributed by atoms with Gasteiger partial charge in [-0.2, -0.15) is 0 Å². The van der Waals surface area contributed by atoms with E-state index in [1.165, 1.54) is 70.6 Å². The molecule has 0 aromatic rings. The van der Waals surface area contributed by atoms with Gasteiger partial charge in [-0.3, -0.25) is 14.4 Å². The number of hydrogen-bond donors (Lipinski definition) is 3. The molecule has 0 bridgehead atoms. The average molecular weight is 415 g/mol. The summed E-state index contributed by atoms with van der Waals surface area (Å²) in [6.45, 7) is 2.24. The monoisotopic (exact) mass is 414 g/mol. The van der Waals surface area contributed by atoms with Crippen molar-refractivity contribution in [3.8, 4) is 0 Å². The van der Waals surface area contributed by atoms with Crippen molar-refractivity contribution in [3.05, 3.63) is 0 Å². The molecule has 0 spiro atoms. The van der Waals surface area contributed by atoms with Crippen molar-refractivity contribution < 1.29 is 29.7 Å². The molecule has 0 fully saturated rings. The largest absolute Gasteiger partial charge is 0.481 e. The molecule has 0 rings (SSSR count). The summed E-state index contributed by atoms with van der Waals surface area (Å²) in [6, 6.07) is 0. The van der Waals surface area contributed by atoms with Crippen molar-refractivity contribution in [3.63, 3.8) is 0 Å². The molecule has 6 heteroatoms. The molecule has 0 aromatic heterocycles. The number of hydrogen-bond acceptors (Lipinski definition) is 3. The minimum atomic E-state index is -1.36. The van der Waals surface area contributed by atoms with Crippen molar-refractivity contribution in [1.82, 2.24) is 0 Å². The minimum absolute atomic E-state index is 0.220. The van der Waals surface area contributed by atoms with Crippen LogP contribution in [0.25, 0.3) is 0 Å². The SMILES string of the molecule is CCCCCCCCCCCCCCCCCC(C(=O)O)C(CC(=O)O)C(=O)O. The van der Waals surface area contributed by atoms with Crippen LogP contribution in [0.2, 0.25) is 0 Å². The Bertz CT molecular complexity index is 449. The fourth-order valence-electron chi connectivity index (χ4n) is 3.82. The Morgan fingerprint density at radius 3 is 1.21 bits per heavy atom. The fourth-order valence-corrected chi connectivity index (χ4v) is 3.82. The molecule has 0 radical (unpaired) electrons.